The van der Waals surface area contributed by atoms with Crippen molar-refractivity contribution in [2.75, 3.05) is 44.2 Å². The number of carbonyl (C=O) groups is 3. The van der Waals surface area contributed by atoms with Gasteiger partial charge in [0.05, 0.1) is 17.7 Å². The minimum Gasteiger partial charge on any atom is -0.351 e. The molecule has 3 aromatic rings. The molecule has 0 bridgehead atoms. The van der Waals surface area contributed by atoms with E-state index < -0.39 is 0 Å². The van der Waals surface area contributed by atoms with Crippen LogP contribution in [0.5, 0.6) is 0 Å². The van der Waals surface area contributed by atoms with Crippen molar-refractivity contribution >= 4 is 23.7 Å². The average molecular weight is 471 g/mol. The van der Waals surface area contributed by atoms with Gasteiger partial charge in [-0.1, -0.05) is 24.3 Å². The van der Waals surface area contributed by atoms with Gasteiger partial charge < -0.3 is 10.2 Å². The summed E-state index contributed by atoms with van der Waals surface area (Å²) in [4.78, 5) is 52.3. The second-order valence-electron chi connectivity index (χ2n) is 8.58. The number of carbonyl (C=O) groups excluding carboxylic acids is 3. The molecule has 1 aromatic heterocycles. The zero-order valence-electron chi connectivity index (χ0n) is 19.3. The monoisotopic (exact) mass is 470 g/mol. The van der Waals surface area contributed by atoms with E-state index in [-0.39, 0.29) is 24.3 Å². The molecule has 0 radical (unpaired) electrons. The van der Waals surface area contributed by atoms with Gasteiger partial charge in [-0.25, -0.2) is 9.97 Å². The van der Waals surface area contributed by atoms with Crippen molar-refractivity contribution in [2.45, 2.75) is 6.54 Å². The summed E-state index contributed by atoms with van der Waals surface area (Å²) in [6.45, 7) is 4.86. The summed E-state index contributed by atoms with van der Waals surface area (Å²) in [5.41, 5.74) is 2.07. The summed E-state index contributed by atoms with van der Waals surface area (Å²) in [7, 11) is 0. The number of anilines is 1. The third-order valence-corrected chi connectivity index (χ3v) is 6.33. The van der Waals surface area contributed by atoms with Crippen LogP contribution in [0.15, 0.2) is 67.0 Å². The Kier molecular flexibility index (Phi) is 6.49. The molecule has 2 aliphatic rings. The maximum absolute atomic E-state index is 12.7. The predicted octanol–water partition coefficient (Wildman–Crippen LogP) is 1.82. The van der Waals surface area contributed by atoms with E-state index >= 15 is 0 Å². The van der Waals surface area contributed by atoms with E-state index in [9.17, 15) is 14.4 Å². The van der Waals surface area contributed by atoms with Crippen molar-refractivity contribution in [3.63, 3.8) is 0 Å². The van der Waals surface area contributed by atoms with Crippen molar-refractivity contribution in [3.8, 4) is 0 Å². The first-order valence-corrected chi connectivity index (χ1v) is 11.7. The Morgan fingerprint density at radius 1 is 0.857 bits per heavy atom. The van der Waals surface area contributed by atoms with Gasteiger partial charge in [-0.2, -0.15) is 0 Å². The Morgan fingerprint density at radius 3 is 2.23 bits per heavy atom. The van der Waals surface area contributed by atoms with Crippen LogP contribution in [0.3, 0.4) is 0 Å². The number of rotatable bonds is 7. The highest BCUT2D eigenvalue weighted by Gasteiger charge is 2.35. The molecule has 1 fully saturated rings. The summed E-state index contributed by atoms with van der Waals surface area (Å²) in [6, 6.07) is 15.7. The van der Waals surface area contributed by atoms with E-state index in [4.69, 9.17) is 0 Å². The number of piperazine rings is 1. The zero-order chi connectivity index (χ0) is 24.2. The zero-order valence-corrected chi connectivity index (χ0v) is 19.3. The summed E-state index contributed by atoms with van der Waals surface area (Å²) in [6.07, 6.45) is 3.50. The van der Waals surface area contributed by atoms with Gasteiger partial charge in [0.1, 0.15) is 0 Å². The molecule has 1 saturated heterocycles. The van der Waals surface area contributed by atoms with E-state index in [1.807, 2.05) is 12.1 Å². The van der Waals surface area contributed by atoms with Gasteiger partial charge in [0.2, 0.25) is 5.95 Å². The fourth-order valence-electron chi connectivity index (χ4n) is 4.43. The van der Waals surface area contributed by atoms with Crippen LogP contribution in [-0.2, 0) is 6.54 Å². The normalized spacial score (nSPS) is 15.9. The second-order valence-corrected chi connectivity index (χ2v) is 8.58. The molecule has 9 nitrogen and oxygen atoms in total. The van der Waals surface area contributed by atoms with Crippen molar-refractivity contribution in [1.82, 2.24) is 25.1 Å². The first-order valence-electron chi connectivity index (χ1n) is 11.7. The molecular weight excluding hydrogens is 444 g/mol. The Labute approximate surface area is 203 Å². The number of benzene rings is 2. The van der Waals surface area contributed by atoms with Crippen LogP contribution in [0.25, 0.3) is 0 Å². The van der Waals surface area contributed by atoms with E-state index in [1.54, 1.807) is 54.9 Å². The molecule has 3 heterocycles. The predicted molar refractivity (Wildman–Crippen MR) is 130 cm³/mol. The highest BCUT2D eigenvalue weighted by Crippen LogP contribution is 2.24. The molecule has 0 unspecified atom stereocenters. The Bertz CT molecular complexity index is 1210. The Hall–Kier alpha value is -4.11. The van der Waals surface area contributed by atoms with Crippen LogP contribution in [-0.4, -0.2) is 76.8 Å². The molecule has 0 atom stereocenters. The lowest BCUT2D eigenvalue weighted by molar-refractivity contribution is 0.0642. The molecule has 0 saturated carbocycles. The molecule has 2 aromatic carbocycles. The lowest BCUT2D eigenvalue weighted by Crippen LogP contribution is -2.49. The smallest absolute Gasteiger partial charge is 0.261 e. The number of aromatic nitrogens is 2. The van der Waals surface area contributed by atoms with E-state index in [2.05, 4.69) is 25.1 Å². The van der Waals surface area contributed by atoms with Crippen LogP contribution in [0.1, 0.15) is 36.6 Å². The quantitative estimate of drug-likeness (QED) is 0.526. The fourth-order valence-corrected chi connectivity index (χ4v) is 4.43. The Morgan fingerprint density at radius 2 is 1.54 bits per heavy atom. The number of hydrogen-bond acceptors (Lipinski definition) is 7. The fraction of sp³-hybridized carbons (Fsp3) is 0.269. The number of hydrogen-bond donors (Lipinski definition) is 1. The molecule has 35 heavy (non-hydrogen) atoms. The summed E-state index contributed by atoms with van der Waals surface area (Å²) >= 11 is 0. The lowest BCUT2D eigenvalue weighted by Gasteiger charge is -2.34. The van der Waals surface area contributed by atoms with Crippen molar-refractivity contribution in [2.24, 2.45) is 0 Å². The Balaban J connectivity index is 1.11. The minimum absolute atomic E-state index is 0.128. The van der Waals surface area contributed by atoms with E-state index in [1.165, 1.54) is 4.90 Å². The standard InChI is InChI=1S/C26H26N6O3/c33-23(27-11-12-30-13-15-31(16-14-30)26-28-9-4-10-29-26)20-6-3-5-19(17-20)18-32-24(34)21-7-1-2-8-22(21)25(32)35/h1-10,17H,11-16,18H2,(H,27,33). The number of nitrogens with one attached hydrogen (secondary N) is 1. The molecule has 178 valence electrons. The summed E-state index contributed by atoms with van der Waals surface area (Å²) < 4.78 is 0. The molecule has 0 aliphatic carbocycles. The number of fused-ring (bicyclic) bond motifs is 1. The van der Waals surface area contributed by atoms with Gasteiger partial charge in [0.15, 0.2) is 0 Å². The lowest BCUT2D eigenvalue weighted by atomic mass is 10.1. The van der Waals surface area contributed by atoms with Gasteiger partial charge in [-0.3, -0.25) is 24.2 Å². The van der Waals surface area contributed by atoms with Crippen LogP contribution < -0.4 is 10.2 Å². The second kappa shape index (κ2) is 10.0. The van der Waals surface area contributed by atoms with Gasteiger partial charge in [-0.05, 0) is 35.9 Å². The molecule has 9 heteroatoms. The molecule has 3 amide bonds. The first-order chi connectivity index (χ1) is 17.1. The number of imide groups is 1. The minimum atomic E-state index is -0.306. The van der Waals surface area contributed by atoms with E-state index in [0.29, 0.717) is 23.2 Å². The molecular formula is C26H26N6O3. The molecule has 5 rings (SSSR count). The van der Waals surface area contributed by atoms with Gasteiger partial charge in [-0.15, -0.1) is 0 Å². The largest absolute Gasteiger partial charge is 0.351 e. The van der Waals surface area contributed by atoms with Gasteiger partial charge in [0.25, 0.3) is 17.7 Å². The SMILES string of the molecule is O=C(NCCN1CCN(c2ncccn2)CC1)c1cccc(CN2C(=O)c3ccccc3C2=O)c1. The van der Waals surface area contributed by atoms with E-state index in [0.717, 1.165) is 44.2 Å². The van der Waals surface area contributed by atoms with Gasteiger partial charge >= 0.3 is 0 Å². The third-order valence-electron chi connectivity index (χ3n) is 6.33. The van der Waals surface area contributed by atoms with Crippen molar-refractivity contribution in [1.29, 1.82) is 0 Å². The summed E-state index contributed by atoms with van der Waals surface area (Å²) in [5, 5.41) is 2.98. The first kappa shape index (κ1) is 22.7. The van der Waals surface area contributed by atoms with Crippen LogP contribution >= 0.6 is 0 Å². The van der Waals surface area contributed by atoms with Gasteiger partial charge in [0, 0.05) is 57.2 Å². The highest BCUT2D eigenvalue weighted by atomic mass is 16.2. The molecule has 1 N–H and O–H groups in total. The third kappa shape index (κ3) is 4.90. The molecule has 2 aliphatic heterocycles. The maximum atomic E-state index is 12.7. The number of nitrogens with zero attached hydrogens (tertiary/aromatic N) is 5. The maximum Gasteiger partial charge on any atom is 0.261 e. The average Bonchev–Trinajstić information content (AvgIpc) is 3.14. The highest BCUT2D eigenvalue weighted by molar-refractivity contribution is 6.21. The summed E-state index contributed by atoms with van der Waals surface area (Å²) in [5.74, 6) is -0.0363. The topological polar surface area (TPSA) is 98.7 Å². The molecule has 0 spiro atoms. The van der Waals surface area contributed by atoms with Crippen molar-refractivity contribution < 1.29 is 14.4 Å². The van der Waals surface area contributed by atoms with Crippen molar-refractivity contribution in [3.05, 3.63) is 89.2 Å². The van der Waals surface area contributed by atoms with Crippen LogP contribution in [0, 0.1) is 0 Å². The van der Waals surface area contributed by atoms with Crippen LogP contribution in [0.2, 0.25) is 0 Å². The van der Waals surface area contributed by atoms with Crippen LogP contribution in [0.4, 0.5) is 5.95 Å². The number of amides is 3.